The minimum atomic E-state index is -0.543. The highest BCUT2D eigenvalue weighted by atomic mass is 16.5. The van der Waals surface area contributed by atoms with Crippen molar-refractivity contribution in [2.45, 2.75) is 26.9 Å². The van der Waals surface area contributed by atoms with Crippen molar-refractivity contribution >= 4 is 11.1 Å². The second kappa shape index (κ2) is 6.04. The Labute approximate surface area is 131 Å². The Morgan fingerprint density at radius 2 is 2.17 bits per heavy atom. The fourth-order valence-electron chi connectivity index (χ4n) is 2.28. The van der Waals surface area contributed by atoms with Crippen LogP contribution in [0.4, 0.5) is 0 Å². The van der Waals surface area contributed by atoms with E-state index in [4.69, 9.17) is 9.15 Å². The van der Waals surface area contributed by atoms with Crippen LogP contribution in [-0.2, 0) is 13.0 Å². The van der Waals surface area contributed by atoms with Crippen LogP contribution in [0.5, 0.6) is 6.01 Å². The largest absolute Gasteiger partial charge is 0.458 e. The number of fused-ring (bicyclic) bond motifs is 1. The average Bonchev–Trinajstić information content (AvgIpc) is 2.52. The van der Waals surface area contributed by atoms with Crippen LogP contribution in [0.15, 0.2) is 38.4 Å². The molecule has 3 aromatic heterocycles. The van der Waals surface area contributed by atoms with Gasteiger partial charge in [0.25, 0.3) is 11.6 Å². The predicted molar refractivity (Wildman–Crippen MR) is 83.6 cm³/mol. The van der Waals surface area contributed by atoms with Crippen molar-refractivity contribution in [1.82, 2.24) is 15.0 Å². The van der Waals surface area contributed by atoms with Gasteiger partial charge in [0.1, 0.15) is 12.0 Å². The first-order valence-corrected chi connectivity index (χ1v) is 7.19. The Morgan fingerprint density at radius 1 is 1.35 bits per heavy atom. The van der Waals surface area contributed by atoms with Crippen LogP contribution < -0.4 is 15.9 Å². The highest BCUT2D eigenvalue weighted by Crippen LogP contribution is 2.14. The predicted octanol–water partition coefficient (Wildman–Crippen LogP) is 1.72. The van der Waals surface area contributed by atoms with Gasteiger partial charge in [-0.3, -0.25) is 14.8 Å². The van der Waals surface area contributed by atoms with Crippen LogP contribution in [-0.4, -0.2) is 15.0 Å². The van der Waals surface area contributed by atoms with Gasteiger partial charge in [0.05, 0.1) is 5.69 Å². The molecule has 7 nitrogen and oxygen atoms in total. The normalized spacial score (nSPS) is 10.9. The van der Waals surface area contributed by atoms with Crippen LogP contribution in [0, 0.1) is 6.92 Å². The minimum absolute atomic E-state index is 0.0102. The van der Waals surface area contributed by atoms with E-state index in [1.54, 1.807) is 6.20 Å². The molecule has 0 aliphatic rings. The number of aromatic nitrogens is 3. The lowest BCUT2D eigenvalue weighted by molar-refractivity contribution is 0.274. The zero-order valence-electron chi connectivity index (χ0n) is 12.8. The molecule has 7 heteroatoms. The molecule has 118 valence electrons. The first-order valence-electron chi connectivity index (χ1n) is 7.19. The number of hydrogen-bond acceptors (Lipinski definition) is 6. The van der Waals surface area contributed by atoms with E-state index in [9.17, 15) is 9.59 Å². The van der Waals surface area contributed by atoms with Crippen molar-refractivity contribution in [2.24, 2.45) is 0 Å². The quantitative estimate of drug-likeness (QED) is 0.787. The average molecular weight is 313 g/mol. The van der Waals surface area contributed by atoms with Crippen LogP contribution in [0.2, 0.25) is 0 Å². The number of H-pyrrole nitrogens is 1. The lowest BCUT2D eigenvalue weighted by Crippen LogP contribution is -2.15. The van der Waals surface area contributed by atoms with Gasteiger partial charge < -0.3 is 9.15 Å². The summed E-state index contributed by atoms with van der Waals surface area (Å²) in [5, 5.41) is 0.272. The van der Waals surface area contributed by atoms with Gasteiger partial charge in [-0.1, -0.05) is 13.0 Å². The summed E-state index contributed by atoms with van der Waals surface area (Å²) in [7, 11) is 0. The van der Waals surface area contributed by atoms with Crippen LogP contribution in [0.1, 0.15) is 23.7 Å². The highest BCUT2D eigenvalue weighted by molar-refractivity contribution is 5.75. The second-order valence-electron chi connectivity index (χ2n) is 5.05. The summed E-state index contributed by atoms with van der Waals surface area (Å²) in [4.78, 5) is 34.6. The van der Waals surface area contributed by atoms with Gasteiger partial charge in [-0.25, -0.2) is 4.79 Å². The molecule has 0 fully saturated rings. The standard InChI is InChI=1S/C16H15N3O4/c1-3-10-7-12(20)23-15-13(10)14(21)18-16(19-15)22-8-11-9(2)5-4-6-17-11/h4-7H,3,8H2,1-2H3,(H,18,19,21). The van der Waals surface area contributed by atoms with E-state index >= 15 is 0 Å². The molecule has 0 aliphatic heterocycles. The van der Waals surface area contributed by atoms with Gasteiger partial charge >= 0.3 is 5.63 Å². The Hall–Kier alpha value is -2.96. The van der Waals surface area contributed by atoms with E-state index in [1.807, 2.05) is 26.0 Å². The van der Waals surface area contributed by atoms with Crippen molar-refractivity contribution in [3.8, 4) is 6.01 Å². The molecule has 1 N–H and O–H groups in total. The Balaban J connectivity index is 1.98. The molecule has 0 saturated heterocycles. The number of aromatic amines is 1. The number of nitrogens with one attached hydrogen (secondary N) is 1. The van der Waals surface area contributed by atoms with Gasteiger partial charge in [0.2, 0.25) is 5.71 Å². The summed E-state index contributed by atoms with van der Waals surface area (Å²) < 4.78 is 10.5. The summed E-state index contributed by atoms with van der Waals surface area (Å²) in [5.74, 6) is 0. The molecule has 0 radical (unpaired) electrons. The van der Waals surface area contributed by atoms with Crippen LogP contribution >= 0.6 is 0 Å². The van der Waals surface area contributed by atoms with Crippen molar-refractivity contribution < 1.29 is 9.15 Å². The highest BCUT2D eigenvalue weighted by Gasteiger charge is 2.12. The zero-order valence-corrected chi connectivity index (χ0v) is 12.8. The van der Waals surface area contributed by atoms with Crippen LogP contribution in [0.25, 0.3) is 11.1 Å². The summed E-state index contributed by atoms with van der Waals surface area (Å²) >= 11 is 0. The molecule has 3 rings (SSSR count). The third-order valence-corrected chi connectivity index (χ3v) is 3.52. The number of aryl methyl sites for hydroxylation is 2. The van der Waals surface area contributed by atoms with E-state index in [0.717, 1.165) is 11.3 Å². The topological polar surface area (TPSA) is 98.1 Å². The molecule has 0 saturated carbocycles. The Kier molecular flexibility index (Phi) is 3.92. The molecule has 0 amide bonds. The number of pyridine rings is 1. The molecule has 3 aromatic rings. The summed E-state index contributed by atoms with van der Waals surface area (Å²) in [6.07, 6.45) is 2.19. The number of nitrogens with zero attached hydrogens (tertiary/aromatic N) is 2. The van der Waals surface area contributed by atoms with E-state index in [0.29, 0.717) is 12.0 Å². The fraction of sp³-hybridized carbons (Fsp3) is 0.250. The number of ether oxygens (including phenoxy) is 1. The van der Waals surface area contributed by atoms with E-state index in [-0.39, 0.29) is 23.7 Å². The monoisotopic (exact) mass is 313 g/mol. The van der Waals surface area contributed by atoms with Gasteiger partial charge in [0.15, 0.2) is 0 Å². The molecule has 0 unspecified atom stereocenters. The van der Waals surface area contributed by atoms with Crippen molar-refractivity contribution in [3.05, 3.63) is 62.0 Å². The maximum Gasteiger partial charge on any atom is 0.337 e. The molecule has 23 heavy (non-hydrogen) atoms. The molecule has 0 bridgehead atoms. The van der Waals surface area contributed by atoms with Crippen molar-refractivity contribution in [2.75, 3.05) is 0 Å². The van der Waals surface area contributed by atoms with E-state index in [2.05, 4.69) is 15.0 Å². The van der Waals surface area contributed by atoms with Gasteiger partial charge in [0, 0.05) is 12.3 Å². The van der Waals surface area contributed by atoms with Gasteiger partial charge in [-0.2, -0.15) is 4.98 Å². The summed E-state index contributed by atoms with van der Waals surface area (Å²) in [6.45, 7) is 3.91. The second-order valence-corrected chi connectivity index (χ2v) is 5.05. The van der Waals surface area contributed by atoms with Gasteiger partial charge in [-0.15, -0.1) is 0 Å². The summed E-state index contributed by atoms with van der Waals surface area (Å²) in [6, 6.07) is 5.03. The maximum absolute atomic E-state index is 12.2. The lowest BCUT2D eigenvalue weighted by atomic mass is 10.1. The number of rotatable bonds is 4. The Morgan fingerprint density at radius 3 is 2.91 bits per heavy atom. The molecule has 0 aromatic carbocycles. The molecule has 0 aliphatic carbocycles. The van der Waals surface area contributed by atoms with E-state index < -0.39 is 11.2 Å². The smallest absolute Gasteiger partial charge is 0.337 e. The molecule has 0 spiro atoms. The maximum atomic E-state index is 12.2. The molecular weight excluding hydrogens is 298 g/mol. The third kappa shape index (κ3) is 2.98. The van der Waals surface area contributed by atoms with Crippen molar-refractivity contribution in [3.63, 3.8) is 0 Å². The number of hydrogen-bond donors (Lipinski definition) is 1. The lowest BCUT2D eigenvalue weighted by Gasteiger charge is -2.07. The fourth-order valence-corrected chi connectivity index (χ4v) is 2.28. The first kappa shape index (κ1) is 15.0. The molecule has 3 heterocycles. The first-order chi connectivity index (χ1) is 11.1. The van der Waals surface area contributed by atoms with Gasteiger partial charge in [-0.05, 0) is 30.5 Å². The minimum Gasteiger partial charge on any atom is -0.458 e. The Bertz CT molecular complexity index is 975. The third-order valence-electron chi connectivity index (χ3n) is 3.52. The van der Waals surface area contributed by atoms with Crippen LogP contribution in [0.3, 0.4) is 0 Å². The SMILES string of the molecule is CCc1cc(=O)oc2nc(OCc3ncccc3C)[nH]c(=O)c12. The molecule has 0 atom stereocenters. The molecular formula is C16H15N3O4. The summed E-state index contributed by atoms with van der Waals surface area (Å²) in [5.41, 5.74) is 1.33. The van der Waals surface area contributed by atoms with Crippen molar-refractivity contribution in [1.29, 1.82) is 0 Å². The van der Waals surface area contributed by atoms with E-state index in [1.165, 1.54) is 6.07 Å². The zero-order chi connectivity index (χ0) is 16.4.